The fourth-order valence-corrected chi connectivity index (χ4v) is 3.60. The van der Waals surface area contributed by atoms with Crippen molar-refractivity contribution in [3.63, 3.8) is 0 Å². The minimum absolute atomic E-state index is 0.102. The summed E-state index contributed by atoms with van der Waals surface area (Å²) in [5.41, 5.74) is 1.05. The molecule has 154 valence electrons. The van der Waals surface area contributed by atoms with Crippen LogP contribution in [0.3, 0.4) is 0 Å². The number of benzene rings is 1. The Bertz CT molecular complexity index is 969. The highest BCUT2D eigenvalue weighted by Crippen LogP contribution is 2.27. The highest BCUT2D eigenvalue weighted by molar-refractivity contribution is 7.99. The van der Waals surface area contributed by atoms with Crippen LogP contribution < -0.4 is 5.32 Å². The Morgan fingerprint density at radius 3 is 2.76 bits per heavy atom. The molecule has 1 aromatic carbocycles. The van der Waals surface area contributed by atoms with E-state index in [1.165, 1.54) is 23.9 Å². The van der Waals surface area contributed by atoms with Gasteiger partial charge in [-0.2, -0.15) is 0 Å². The number of anilines is 1. The maximum absolute atomic E-state index is 13.7. The molecule has 0 saturated heterocycles. The number of halogens is 1. The Hall–Kier alpha value is -2.65. The zero-order valence-electron chi connectivity index (χ0n) is 16.7. The van der Waals surface area contributed by atoms with Crippen LogP contribution in [0, 0.1) is 12.7 Å². The van der Waals surface area contributed by atoms with Gasteiger partial charge >= 0.3 is 0 Å². The van der Waals surface area contributed by atoms with Crippen LogP contribution in [-0.2, 0) is 11.3 Å². The average molecular weight is 418 g/mol. The van der Waals surface area contributed by atoms with Crippen molar-refractivity contribution in [1.29, 1.82) is 0 Å². The van der Waals surface area contributed by atoms with Gasteiger partial charge in [0.05, 0.1) is 23.3 Å². The second-order valence-electron chi connectivity index (χ2n) is 6.82. The Morgan fingerprint density at radius 2 is 2.07 bits per heavy atom. The number of hydrogen-bond donors (Lipinski definition) is 1. The molecule has 1 amide bonds. The lowest BCUT2D eigenvalue weighted by Gasteiger charge is -2.13. The number of hydrogen-bond acceptors (Lipinski definition) is 6. The standard InChI is InChI=1S/C20H24FN5O2S/c1-14-15(9-12-28-14)19-23-24-20(26(19)11-6-10-25(2)3)29-13-18(27)22-17-8-5-4-7-16(17)21/h4-5,7-9,12H,6,10-11,13H2,1-3H3,(H,22,27). The molecule has 0 bridgehead atoms. The molecule has 0 fully saturated rings. The topological polar surface area (TPSA) is 76.2 Å². The predicted molar refractivity (Wildman–Crippen MR) is 111 cm³/mol. The van der Waals surface area contributed by atoms with Crippen LogP contribution in [0.15, 0.2) is 46.2 Å². The van der Waals surface area contributed by atoms with Gasteiger partial charge in [0.2, 0.25) is 5.91 Å². The average Bonchev–Trinajstić information content (AvgIpc) is 3.27. The maximum atomic E-state index is 13.7. The minimum atomic E-state index is -0.463. The van der Waals surface area contributed by atoms with Gasteiger partial charge in [0.1, 0.15) is 11.6 Å². The fraction of sp³-hybridized carbons (Fsp3) is 0.350. The van der Waals surface area contributed by atoms with Crippen molar-refractivity contribution >= 4 is 23.4 Å². The summed E-state index contributed by atoms with van der Waals surface area (Å²) in [7, 11) is 4.05. The predicted octanol–water partition coefficient (Wildman–Crippen LogP) is 3.67. The first kappa shape index (κ1) is 21.1. The van der Waals surface area contributed by atoms with Gasteiger partial charge in [0, 0.05) is 6.54 Å². The molecule has 0 unspecified atom stereocenters. The number of rotatable bonds is 9. The van der Waals surface area contributed by atoms with E-state index in [9.17, 15) is 9.18 Å². The zero-order chi connectivity index (χ0) is 20.8. The van der Waals surface area contributed by atoms with Crippen molar-refractivity contribution in [3.8, 4) is 11.4 Å². The summed E-state index contributed by atoms with van der Waals surface area (Å²) in [4.78, 5) is 14.4. The number of aromatic nitrogens is 3. The minimum Gasteiger partial charge on any atom is -0.469 e. The normalized spacial score (nSPS) is 11.2. The Morgan fingerprint density at radius 1 is 1.28 bits per heavy atom. The number of carbonyl (C=O) groups is 1. The molecule has 9 heteroatoms. The van der Waals surface area contributed by atoms with Crippen molar-refractivity contribution < 1.29 is 13.6 Å². The Kier molecular flexibility index (Phi) is 7.05. The van der Waals surface area contributed by atoms with Crippen LogP contribution >= 0.6 is 11.8 Å². The van der Waals surface area contributed by atoms with Gasteiger partial charge in [-0.15, -0.1) is 10.2 Å². The quantitative estimate of drug-likeness (QED) is 0.536. The highest BCUT2D eigenvalue weighted by atomic mass is 32.2. The third-order valence-corrected chi connectivity index (χ3v) is 5.25. The van der Waals surface area contributed by atoms with E-state index in [1.54, 1.807) is 18.4 Å². The summed E-state index contributed by atoms with van der Waals surface area (Å²) in [5, 5.41) is 11.8. The number of aryl methyl sites for hydroxylation is 1. The lowest BCUT2D eigenvalue weighted by molar-refractivity contribution is -0.113. The Balaban J connectivity index is 1.72. The molecule has 2 aromatic heterocycles. The zero-order valence-corrected chi connectivity index (χ0v) is 17.5. The number of nitrogens with one attached hydrogen (secondary N) is 1. The van der Waals surface area contributed by atoms with E-state index in [0.29, 0.717) is 17.5 Å². The first-order chi connectivity index (χ1) is 14.0. The molecular formula is C20H24FN5O2S. The molecule has 29 heavy (non-hydrogen) atoms. The summed E-state index contributed by atoms with van der Waals surface area (Å²) in [6.45, 7) is 3.51. The van der Waals surface area contributed by atoms with E-state index < -0.39 is 5.82 Å². The van der Waals surface area contributed by atoms with Crippen molar-refractivity contribution in [1.82, 2.24) is 19.7 Å². The number of para-hydroxylation sites is 1. The molecule has 0 atom stereocenters. The van der Waals surface area contributed by atoms with Crippen LogP contribution in [0.25, 0.3) is 11.4 Å². The molecule has 0 spiro atoms. The molecule has 7 nitrogen and oxygen atoms in total. The summed E-state index contributed by atoms with van der Waals surface area (Å²) in [5.74, 6) is 0.816. The van der Waals surface area contributed by atoms with E-state index in [-0.39, 0.29) is 17.3 Å². The molecule has 0 aliphatic rings. The summed E-state index contributed by atoms with van der Waals surface area (Å²) >= 11 is 1.27. The van der Waals surface area contributed by atoms with Gasteiger partial charge in [-0.25, -0.2) is 4.39 Å². The van der Waals surface area contributed by atoms with Crippen LogP contribution in [0.5, 0.6) is 0 Å². The van der Waals surface area contributed by atoms with Crippen LogP contribution in [0.1, 0.15) is 12.2 Å². The lowest BCUT2D eigenvalue weighted by Crippen LogP contribution is -2.17. The van der Waals surface area contributed by atoms with Crippen LogP contribution in [0.2, 0.25) is 0 Å². The van der Waals surface area contributed by atoms with Crippen molar-refractivity contribution in [2.24, 2.45) is 0 Å². The molecule has 3 aromatic rings. The number of carbonyl (C=O) groups excluding carboxylic acids is 1. The van der Waals surface area contributed by atoms with Crippen molar-refractivity contribution in [2.75, 3.05) is 31.7 Å². The summed E-state index contributed by atoms with van der Waals surface area (Å²) in [6.07, 6.45) is 2.53. The van der Waals surface area contributed by atoms with Gasteiger partial charge in [-0.1, -0.05) is 23.9 Å². The molecule has 1 N–H and O–H groups in total. The van der Waals surface area contributed by atoms with Gasteiger partial charge in [0.15, 0.2) is 11.0 Å². The molecular weight excluding hydrogens is 393 g/mol. The highest BCUT2D eigenvalue weighted by Gasteiger charge is 2.18. The number of thioether (sulfide) groups is 1. The van der Waals surface area contributed by atoms with E-state index in [4.69, 9.17) is 4.42 Å². The molecule has 0 saturated carbocycles. The van der Waals surface area contributed by atoms with Gasteiger partial charge in [-0.05, 0) is 52.2 Å². The largest absolute Gasteiger partial charge is 0.469 e. The number of furan rings is 1. The van der Waals surface area contributed by atoms with Crippen LogP contribution in [-0.4, -0.2) is 52.0 Å². The third kappa shape index (κ3) is 5.45. The number of nitrogens with zero attached hydrogens (tertiary/aromatic N) is 4. The second kappa shape index (κ2) is 9.71. The van der Waals surface area contributed by atoms with Crippen molar-refractivity contribution in [2.45, 2.75) is 25.0 Å². The molecule has 0 aliphatic heterocycles. The van der Waals surface area contributed by atoms with Gasteiger partial charge in [0.25, 0.3) is 0 Å². The monoisotopic (exact) mass is 417 g/mol. The van der Waals surface area contributed by atoms with Crippen molar-refractivity contribution in [3.05, 3.63) is 48.2 Å². The smallest absolute Gasteiger partial charge is 0.234 e. The lowest BCUT2D eigenvalue weighted by atomic mass is 10.2. The van der Waals surface area contributed by atoms with E-state index in [1.807, 2.05) is 31.7 Å². The molecule has 0 aliphatic carbocycles. The van der Waals surface area contributed by atoms with Gasteiger partial charge < -0.3 is 19.2 Å². The van der Waals surface area contributed by atoms with E-state index in [0.717, 1.165) is 24.3 Å². The fourth-order valence-electron chi connectivity index (χ4n) is 2.84. The summed E-state index contributed by atoms with van der Waals surface area (Å²) < 4.78 is 21.1. The molecule has 0 radical (unpaired) electrons. The van der Waals surface area contributed by atoms with Crippen LogP contribution in [0.4, 0.5) is 10.1 Å². The second-order valence-corrected chi connectivity index (χ2v) is 7.76. The van der Waals surface area contributed by atoms with E-state index in [2.05, 4.69) is 20.4 Å². The first-order valence-corrected chi connectivity index (χ1v) is 10.2. The molecule has 2 heterocycles. The maximum Gasteiger partial charge on any atom is 0.234 e. The number of amides is 1. The first-order valence-electron chi connectivity index (χ1n) is 9.25. The molecule has 3 rings (SSSR count). The third-order valence-electron chi connectivity index (χ3n) is 4.28. The summed E-state index contributed by atoms with van der Waals surface area (Å²) in [6, 6.07) is 7.95. The van der Waals surface area contributed by atoms with E-state index >= 15 is 0 Å². The SMILES string of the molecule is Cc1occc1-c1nnc(SCC(=O)Nc2ccccc2F)n1CCCN(C)C. The van der Waals surface area contributed by atoms with Gasteiger partial charge in [-0.3, -0.25) is 4.79 Å². The Labute approximate surface area is 173 Å².